The van der Waals surface area contributed by atoms with E-state index in [0.717, 1.165) is 73.9 Å². The van der Waals surface area contributed by atoms with Gasteiger partial charge >= 0.3 is 0 Å². The molecule has 2 N–H and O–H groups in total. The summed E-state index contributed by atoms with van der Waals surface area (Å²) in [4.78, 5) is 24.9. The number of hydrogen-bond acceptors (Lipinski definition) is 7. The molecule has 1 fully saturated rings. The summed E-state index contributed by atoms with van der Waals surface area (Å²) in [6.45, 7) is 7.20. The SMILES string of the molecule is CCC1c2cc3nc(N4CC[C@H](N)C4)cc(n3n2)N(C)CCCCOc2ccc(C)cc2C(=O)N1C. The molecule has 0 radical (unpaired) electrons. The Labute approximate surface area is 212 Å². The maximum Gasteiger partial charge on any atom is 0.257 e. The van der Waals surface area contributed by atoms with E-state index in [2.05, 4.69) is 29.8 Å². The molecule has 4 heterocycles. The molecule has 1 saturated heterocycles. The van der Waals surface area contributed by atoms with Gasteiger partial charge in [-0.25, -0.2) is 4.98 Å². The Kier molecular flexibility index (Phi) is 6.75. The van der Waals surface area contributed by atoms with E-state index in [1.165, 1.54) is 0 Å². The maximum atomic E-state index is 13.7. The van der Waals surface area contributed by atoms with Crippen LogP contribution in [0.15, 0.2) is 30.3 Å². The molecule has 0 aliphatic carbocycles. The van der Waals surface area contributed by atoms with Gasteiger partial charge in [0.2, 0.25) is 0 Å². The quantitative estimate of drug-likeness (QED) is 0.587. The molecule has 1 aromatic carbocycles. The molecule has 3 aromatic rings. The summed E-state index contributed by atoms with van der Waals surface area (Å²) < 4.78 is 8.03. The van der Waals surface area contributed by atoms with Gasteiger partial charge in [-0.05, 0) is 44.7 Å². The largest absolute Gasteiger partial charge is 0.493 e. The highest BCUT2D eigenvalue weighted by Crippen LogP contribution is 2.31. The standard InChI is InChI=1S/C27H37N7O2/c1-5-22-21-15-25-29-24(33-12-10-19(28)17-33)16-26(34(25)30-21)31(3)11-6-7-13-36-23-9-8-18(2)14-20(23)27(35)32(22)4/h8-9,14-16,19,22H,5-7,10-13,17,28H2,1-4H3/t19-,22?/m0/s1. The van der Waals surface area contributed by atoms with Crippen LogP contribution < -0.4 is 20.3 Å². The lowest BCUT2D eigenvalue weighted by Crippen LogP contribution is -2.31. The first-order chi connectivity index (χ1) is 17.4. The van der Waals surface area contributed by atoms with Crippen LogP contribution in [-0.4, -0.2) is 71.8 Å². The molecule has 1 unspecified atom stereocenters. The van der Waals surface area contributed by atoms with Gasteiger partial charge < -0.3 is 25.2 Å². The zero-order valence-corrected chi connectivity index (χ0v) is 21.8. The van der Waals surface area contributed by atoms with Gasteiger partial charge in [0.1, 0.15) is 17.4 Å². The summed E-state index contributed by atoms with van der Waals surface area (Å²) in [6.07, 6.45) is 3.53. The van der Waals surface area contributed by atoms with Gasteiger partial charge in [0.05, 0.1) is 23.9 Å². The Hall–Kier alpha value is -3.33. The summed E-state index contributed by atoms with van der Waals surface area (Å²) in [7, 11) is 3.95. The molecule has 1 amide bonds. The van der Waals surface area contributed by atoms with Crippen molar-refractivity contribution in [2.75, 3.05) is 50.1 Å². The first-order valence-electron chi connectivity index (χ1n) is 13.0. The number of carbonyl (C=O) groups excluding carboxylic acids is 1. The topological polar surface area (TPSA) is 92.2 Å². The second-order valence-electron chi connectivity index (χ2n) is 10.1. The third-order valence-electron chi connectivity index (χ3n) is 7.38. The number of fused-ring (bicyclic) bond motifs is 2. The molecular weight excluding hydrogens is 454 g/mol. The van der Waals surface area contributed by atoms with Crippen molar-refractivity contribution in [3.05, 3.63) is 47.2 Å². The number of hydrogen-bond donors (Lipinski definition) is 1. The molecule has 192 valence electrons. The molecule has 2 bridgehead atoms. The lowest BCUT2D eigenvalue weighted by molar-refractivity contribution is 0.0718. The van der Waals surface area contributed by atoms with E-state index in [-0.39, 0.29) is 18.0 Å². The molecule has 2 aliphatic rings. The molecule has 2 aromatic heterocycles. The molecule has 9 nitrogen and oxygen atoms in total. The van der Waals surface area contributed by atoms with E-state index in [4.69, 9.17) is 20.6 Å². The number of aromatic nitrogens is 3. The normalized spacial score (nSPS) is 21.5. The van der Waals surface area contributed by atoms with E-state index in [9.17, 15) is 4.79 Å². The lowest BCUT2D eigenvalue weighted by atomic mass is 10.1. The molecule has 9 heteroatoms. The van der Waals surface area contributed by atoms with Crippen molar-refractivity contribution in [3.63, 3.8) is 0 Å². The van der Waals surface area contributed by atoms with Crippen LogP contribution in [0.25, 0.3) is 5.65 Å². The van der Waals surface area contributed by atoms with Crippen molar-refractivity contribution >= 4 is 23.2 Å². The highest BCUT2D eigenvalue weighted by Gasteiger charge is 2.28. The number of ether oxygens (including phenoxy) is 1. The summed E-state index contributed by atoms with van der Waals surface area (Å²) in [6, 6.07) is 9.94. The maximum absolute atomic E-state index is 13.7. The minimum Gasteiger partial charge on any atom is -0.493 e. The fraction of sp³-hybridized carbons (Fsp3) is 0.519. The second-order valence-corrected chi connectivity index (χ2v) is 10.1. The fourth-order valence-electron chi connectivity index (χ4n) is 5.25. The van der Waals surface area contributed by atoms with Gasteiger partial charge in [0, 0.05) is 51.9 Å². The molecule has 5 rings (SSSR count). The fourth-order valence-corrected chi connectivity index (χ4v) is 5.25. The first kappa shape index (κ1) is 24.4. The van der Waals surface area contributed by atoms with Crippen LogP contribution in [0.5, 0.6) is 5.75 Å². The van der Waals surface area contributed by atoms with E-state index >= 15 is 0 Å². The molecule has 0 spiro atoms. The zero-order chi connectivity index (χ0) is 25.4. The number of amides is 1. The summed E-state index contributed by atoms with van der Waals surface area (Å²) >= 11 is 0. The molecule has 2 aliphatic heterocycles. The Morgan fingerprint density at radius 3 is 2.72 bits per heavy atom. The zero-order valence-electron chi connectivity index (χ0n) is 21.8. The van der Waals surface area contributed by atoms with Crippen LogP contribution in [0.1, 0.15) is 60.3 Å². The van der Waals surface area contributed by atoms with Crippen molar-refractivity contribution in [3.8, 4) is 5.75 Å². The van der Waals surface area contributed by atoms with E-state index < -0.39 is 0 Å². The highest BCUT2D eigenvalue weighted by molar-refractivity contribution is 5.97. The number of nitrogens with two attached hydrogens (primary N) is 1. The molecule has 2 atom stereocenters. The minimum atomic E-state index is -0.195. The Bertz CT molecular complexity index is 1260. The number of aryl methyl sites for hydroxylation is 1. The Morgan fingerprint density at radius 2 is 1.97 bits per heavy atom. The third-order valence-corrected chi connectivity index (χ3v) is 7.38. The summed E-state index contributed by atoms with van der Waals surface area (Å²) in [5.41, 5.74) is 9.44. The van der Waals surface area contributed by atoms with Gasteiger partial charge in [-0.15, -0.1) is 0 Å². The average Bonchev–Trinajstić information content (AvgIpc) is 3.49. The molecule has 36 heavy (non-hydrogen) atoms. The molecular formula is C27H37N7O2. The summed E-state index contributed by atoms with van der Waals surface area (Å²) in [5, 5.41) is 4.99. The number of carbonyl (C=O) groups is 1. The lowest BCUT2D eigenvalue weighted by Gasteiger charge is -2.27. The van der Waals surface area contributed by atoms with Gasteiger partial charge in [0.25, 0.3) is 5.91 Å². The number of rotatable bonds is 2. The Balaban J connectivity index is 1.60. The van der Waals surface area contributed by atoms with Crippen molar-refractivity contribution in [2.24, 2.45) is 5.73 Å². The van der Waals surface area contributed by atoms with Gasteiger partial charge in [-0.1, -0.05) is 18.6 Å². The van der Waals surface area contributed by atoms with Crippen LogP contribution in [0.4, 0.5) is 11.6 Å². The highest BCUT2D eigenvalue weighted by atomic mass is 16.5. The predicted molar refractivity (Wildman–Crippen MR) is 142 cm³/mol. The van der Waals surface area contributed by atoms with Crippen LogP contribution in [0.3, 0.4) is 0 Å². The third kappa shape index (κ3) is 4.59. The molecule has 0 saturated carbocycles. The first-order valence-corrected chi connectivity index (χ1v) is 13.0. The van der Waals surface area contributed by atoms with Gasteiger partial charge in [-0.2, -0.15) is 9.61 Å². The van der Waals surface area contributed by atoms with Crippen molar-refractivity contribution < 1.29 is 9.53 Å². The van der Waals surface area contributed by atoms with Crippen LogP contribution in [-0.2, 0) is 0 Å². The number of nitrogens with zero attached hydrogens (tertiary/aromatic N) is 6. The van der Waals surface area contributed by atoms with E-state index in [1.54, 1.807) is 4.90 Å². The average molecular weight is 492 g/mol. The van der Waals surface area contributed by atoms with Crippen LogP contribution >= 0.6 is 0 Å². The van der Waals surface area contributed by atoms with Crippen LogP contribution in [0, 0.1) is 6.92 Å². The van der Waals surface area contributed by atoms with Crippen molar-refractivity contribution in [1.29, 1.82) is 0 Å². The van der Waals surface area contributed by atoms with Gasteiger partial charge in [-0.3, -0.25) is 4.79 Å². The summed E-state index contributed by atoms with van der Waals surface area (Å²) in [5.74, 6) is 2.49. The van der Waals surface area contributed by atoms with Crippen LogP contribution in [0.2, 0.25) is 0 Å². The Morgan fingerprint density at radius 1 is 1.14 bits per heavy atom. The van der Waals surface area contributed by atoms with Crippen molar-refractivity contribution in [1.82, 2.24) is 19.5 Å². The van der Waals surface area contributed by atoms with Gasteiger partial charge in [0.15, 0.2) is 5.65 Å². The van der Waals surface area contributed by atoms with Crippen molar-refractivity contribution in [2.45, 2.75) is 51.6 Å². The van der Waals surface area contributed by atoms with E-state index in [1.807, 2.05) is 42.8 Å². The minimum absolute atomic E-state index is 0.0653. The second kappa shape index (κ2) is 9.97. The number of anilines is 2. The van der Waals surface area contributed by atoms with E-state index in [0.29, 0.717) is 17.9 Å². The smallest absolute Gasteiger partial charge is 0.257 e. The number of benzene rings is 1. The monoisotopic (exact) mass is 491 g/mol. The predicted octanol–water partition coefficient (Wildman–Crippen LogP) is 3.41.